The van der Waals surface area contributed by atoms with Gasteiger partial charge in [0.25, 0.3) is 0 Å². The zero-order chi connectivity index (χ0) is 17.2. The maximum atomic E-state index is 11.7. The molecular formula is C14H21N5O4. The molecule has 0 aliphatic heterocycles. The van der Waals surface area contributed by atoms with Gasteiger partial charge in [0, 0.05) is 25.6 Å². The summed E-state index contributed by atoms with van der Waals surface area (Å²) in [7, 11) is 0. The van der Waals surface area contributed by atoms with Crippen molar-refractivity contribution in [1.29, 1.82) is 0 Å². The Bertz CT molecular complexity index is 552. The molecule has 0 atom stereocenters. The molecule has 0 bridgehead atoms. The van der Waals surface area contributed by atoms with Gasteiger partial charge in [-0.25, -0.2) is 15.6 Å². The predicted octanol–water partition coefficient (Wildman–Crippen LogP) is 0.367. The minimum Gasteiger partial charge on any atom is -0.396 e. The predicted molar refractivity (Wildman–Crippen MR) is 83.3 cm³/mol. The summed E-state index contributed by atoms with van der Waals surface area (Å²) in [5.41, 5.74) is 5.92. The van der Waals surface area contributed by atoms with E-state index in [2.05, 4.69) is 4.98 Å². The van der Waals surface area contributed by atoms with E-state index in [1.165, 1.54) is 6.20 Å². The summed E-state index contributed by atoms with van der Waals surface area (Å²) in [6.45, 7) is 1.99. The fourth-order valence-electron chi connectivity index (χ4n) is 1.78. The number of hydrogen-bond donors (Lipinski definition) is 2. The van der Waals surface area contributed by atoms with Gasteiger partial charge in [0.15, 0.2) is 0 Å². The van der Waals surface area contributed by atoms with Crippen LogP contribution in [0.2, 0.25) is 0 Å². The Morgan fingerprint density at radius 2 is 2.13 bits per heavy atom. The van der Waals surface area contributed by atoms with Crippen molar-refractivity contribution in [3.63, 3.8) is 0 Å². The van der Waals surface area contributed by atoms with Crippen LogP contribution in [-0.4, -0.2) is 34.7 Å². The summed E-state index contributed by atoms with van der Waals surface area (Å²) in [4.78, 5) is 43.9. The van der Waals surface area contributed by atoms with E-state index in [1.807, 2.05) is 6.92 Å². The van der Waals surface area contributed by atoms with Crippen LogP contribution >= 0.6 is 0 Å². The molecule has 23 heavy (non-hydrogen) atoms. The van der Waals surface area contributed by atoms with Crippen molar-refractivity contribution >= 4 is 29.8 Å². The second-order valence-electron chi connectivity index (χ2n) is 4.75. The lowest BCUT2D eigenvalue weighted by Gasteiger charge is -2.18. The topological polar surface area (TPSA) is 132 Å². The fourth-order valence-corrected chi connectivity index (χ4v) is 1.78. The molecule has 1 aromatic rings. The van der Waals surface area contributed by atoms with Crippen LogP contribution in [0.3, 0.4) is 0 Å². The number of pyridine rings is 1. The first-order chi connectivity index (χ1) is 11.0. The third kappa shape index (κ3) is 5.91. The van der Waals surface area contributed by atoms with Crippen LogP contribution in [0.25, 0.3) is 0 Å². The van der Waals surface area contributed by atoms with E-state index >= 15 is 0 Å². The first-order valence-electron chi connectivity index (χ1n) is 7.20. The SMILES string of the molecule is CCCC(=O)N(C=O)CCCC(=O)ON(N)c1ncccc1N. The molecule has 1 rings (SSSR count). The highest BCUT2D eigenvalue weighted by Crippen LogP contribution is 2.16. The summed E-state index contributed by atoms with van der Waals surface area (Å²) in [5, 5.41) is 0.692. The van der Waals surface area contributed by atoms with Gasteiger partial charge in [-0.3, -0.25) is 14.5 Å². The van der Waals surface area contributed by atoms with E-state index in [9.17, 15) is 14.4 Å². The summed E-state index contributed by atoms with van der Waals surface area (Å²) in [5.74, 6) is 4.80. The Balaban J connectivity index is 2.41. The number of carbonyl (C=O) groups excluding carboxylic acids is 3. The lowest BCUT2D eigenvalue weighted by molar-refractivity contribution is -0.146. The van der Waals surface area contributed by atoms with E-state index in [0.29, 0.717) is 24.4 Å². The Kier molecular flexibility index (Phi) is 7.48. The van der Waals surface area contributed by atoms with E-state index in [4.69, 9.17) is 16.4 Å². The molecule has 0 saturated heterocycles. The molecule has 9 nitrogen and oxygen atoms in total. The number of anilines is 2. The van der Waals surface area contributed by atoms with Crippen molar-refractivity contribution < 1.29 is 19.2 Å². The number of nitrogens with zero attached hydrogens (tertiary/aromatic N) is 3. The quantitative estimate of drug-likeness (QED) is 0.378. The Morgan fingerprint density at radius 1 is 1.39 bits per heavy atom. The lowest BCUT2D eigenvalue weighted by atomic mass is 10.2. The van der Waals surface area contributed by atoms with Crippen LogP contribution in [0.4, 0.5) is 11.5 Å². The standard InChI is InChI=1S/C14H21N5O4/c1-2-5-12(21)18(10-20)9-4-7-13(22)23-19(16)14-11(15)6-3-8-17-14/h3,6,8,10H,2,4-5,7,9,15-16H2,1H3. The number of hydrazine groups is 1. The van der Waals surface area contributed by atoms with Crippen molar-refractivity contribution in [2.75, 3.05) is 17.5 Å². The highest BCUT2D eigenvalue weighted by molar-refractivity contribution is 5.86. The highest BCUT2D eigenvalue weighted by Gasteiger charge is 2.15. The molecule has 9 heteroatoms. The molecule has 0 unspecified atom stereocenters. The maximum absolute atomic E-state index is 11.7. The first-order valence-corrected chi connectivity index (χ1v) is 7.20. The molecule has 0 fully saturated rings. The molecule has 126 valence electrons. The Hall–Kier alpha value is -2.68. The van der Waals surface area contributed by atoms with Crippen LogP contribution in [0.1, 0.15) is 32.6 Å². The summed E-state index contributed by atoms with van der Waals surface area (Å²) in [6, 6.07) is 3.19. The van der Waals surface area contributed by atoms with Crippen molar-refractivity contribution in [2.45, 2.75) is 32.6 Å². The summed E-state index contributed by atoms with van der Waals surface area (Å²) < 4.78 is 0. The van der Waals surface area contributed by atoms with E-state index in [0.717, 1.165) is 4.90 Å². The van der Waals surface area contributed by atoms with Gasteiger partial charge >= 0.3 is 5.97 Å². The third-order valence-corrected chi connectivity index (χ3v) is 2.92. The molecule has 2 amide bonds. The van der Waals surface area contributed by atoms with Gasteiger partial charge in [-0.2, -0.15) is 0 Å². The number of imide groups is 1. The van der Waals surface area contributed by atoms with Crippen LogP contribution in [0, 0.1) is 0 Å². The number of nitrogen functional groups attached to an aromatic ring is 1. The molecule has 1 heterocycles. The number of aromatic nitrogens is 1. The van der Waals surface area contributed by atoms with E-state index in [-0.39, 0.29) is 36.8 Å². The largest absolute Gasteiger partial charge is 0.396 e. The average molecular weight is 323 g/mol. The van der Waals surface area contributed by atoms with Crippen LogP contribution < -0.4 is 16.7 Å². The molecule has 0 aliphatic carbocycles. The fraction of sp³-hybridized carbons (Fsp3) is 0.429. The van der Waals surface area contributed by atoms with Crippen LogP contribution in [-0.2, 0) is 19.2 Å². The Labute approximate surface area is 134 Å². The van der Waals surface area contributed by atoms with Crippen molar-refractivity contribution in [3.05, 3.63) is 18.3 Å². The van der Waals surface area contributed by atoms with Gasteiger partial charge in [-0.1, -0.05) is 6.92 Å². The van der Waals surface area contributed by atoms with Crippen molar-refractivity contribution in [3.8, 4) is 0 Å². The minimum atomic E-state index is -0.619. The highest BCUT2D eigenvalue weighted by atomic mass is 16.7. The number of hydrogen-bond acceptors (Lipinski definition) is 8. The molecule has 4 N–H and O–H groups in total. The van der Waals surface area contributed by atoms with Gasteiger partial charge in [0.1, 0.15) is 0 Å². The van der Waals surface area contributed by atoms with Gasteiger partial charge in [-0.05, 0) is 25.0 Å². The van der Waals surface area contributed by atoms with Gasteiger partial charge in [-0.15, -0.1) is 5.17 Å². The summed E-state index contributed by atoms with van der Waals surface area (Å²) in [6.07, 6.45) is 3.13. The lowest BCUT2D eigenvalue weighted by Crippen LogP contribution is -2.35. The minimum absolute atomic E-state index is 0.00974. The zero-order valence-corrected chi connectivity index (χ0v) is 13.0. The maximum Gasteiger partial charge on any atom is 0.334 e. The van der Waals surface area contributed by atoms with E-state index < -0.39 is 5.97 Å². The second-order valence-corrected chi connectivity index (χ2v) is 4.75. The number of nitrogens with two attached hydrogens (primary N) is 2. The van der Waals surface area contributed by atoms with Gasteiger partial charge in [0.05, 0.1) is 5.69 Å². The molecule has 0 aliphatic rings. The Morgan fingerprint density at radius 3 is 2.74 bits per heavy atom. The molecule has 1 aromatic heterocycles. The molecule has 0 spiro atoms. The normalized spacial score (nSPS) is 10.0. The number of carbonyl (C=O) groups is 3. The molecule has 0 aromatic carbocycles. The number of rotatable bonds is 9. The van der Waals surface area contributed by atoms with Gasteiger partial charge in [0.2, 0.25) is 18.1 Å². The van der Waals surface area contributed by atoms with Crippen molar-refractivity contribution in [2.24, 2.45) is 5.84 Å². The molecular weight excluding hydrogens is 302 g/mol. The summed E-state index contributed by atoms with van der Waals surface area (Å²) >= 11 is 0. The smallest absolute Gasteiger partial charge is 0.334 e. The van der Waals surface area contributed by atoms with Crippen LogP contribution in [0.15, 0.2) is 18.3 Å². The number of amides is 2. The zero-order valence-electron chi connectivity index (χ0n) is 13.0. The van der Waals surface area contributed by atoms with E-state index in [1.54, 1.807) is 12.1 Å². The monoisotopic (exact) mass is 323 g/mol. The molecule has 0 saturated carbocycles. The molecule has 0 radical (unpaired) electrons. The average Bonchev–Trinajstić information content (AvgIpc) is 2.52. The van der Waals surface area contributed by atoms with Crippen molar-refractivity contribution in [1.82, 2.24) is 9.88 Å². The third-order valence-electron chi connectivity index (χ3n) is 2.92. The first kappa shape index (κ1) is 18.4. The second kappa shape index (κ2) is 9.36. The van der Waals surface area contributed by atoms with Gasteiger partial charge < -0.3 is 10.6 Å². The van der Waals surface area contributed by atoms with Crippen LogP contribution in [0.5, 0.6) is 0 Å².